The Labute approximate surface area is 310 Å². The van der Waals surface area contributed by atoms with Gasteiger partial charge in [-0.25, -0.2) is 8.42 Å². The molecule has 0 aromatic heterocycles. The lowest BCUT2D eigenvalue weighted by Crippen LogP contribution is -2.12. The first-order valence-corrected chi connectivity index (χ1v) is 19.0. The lowest BCUT2D eigenvalue weighted by molar-refractivity contribution is 0.472. The first-order valence-electron chi connectivity index (χ1n) is 16.1. The van der Waals surface area contributed by atoms with Gasteiger partial charge in [0, 0.05) is 5.69 Å². The molecule has 274 valence electrons. The van der Waals surface area contributed by atoms with Crippen molar-refractivity contribution in [2.45, 2.75) is 30.6 Å². The first kappa shape index (κ1) is 37.2. The lowest BCUT2D eigenvalue weighted by Gasteiger charge is -2.13. The van der Waals surface area contributed by atoms with Crippen LogP contribution in [0.15, 0.2) is 144 Å². The topological polar surface area (TPSA) is 247 Å². The maximum absolute atomic E-state index is 13.1. The fourth-order valence-electron chi connectivity index (χ4n) is 5.31. The van der Waals surface area contributed by atoms with Gasteiger partial charge in [0.05, 0.1) is 38.7 Å². The van der Waals surface area contributed by atoms with Crippen molar-refractivity contribution < 1.29 is 26.5 Å². The second-order valence-corrected chi connectivity index (χ2v) is 15.3. The normalized spacial score (nSPS) is 12.4. The molecule has 0 unspecified atom stereocenters. The summed E-state index contributed by atoms with van der Waals surface area (Å²) in [7, 11) is -8.96. The van der Waals surface area contributed by atoms with Gasteiger partial charge < -0.3 is 16.6 Å². The van der Waals surface area contributed by atoms with E-state index in [-0.39, 0.29) is 38.4 Å². The first-order chi connectivity index (χ1) is 25.6. The van der Waals surface area contributed by atoms with Crippen LogP contribution in [0.25, 0.3) is 10.8 Å². The molecule has 0 aliphatic heterocycles. The van der Waals surface area contributed by atoms with Crippen molar-refractivity contribution >= 4 is 82.1 Å². The summed E-state index contributed by atoms with van der Waals surface area (Å²) in [6, 6.07) is 26.7. The van der Waals surface area contributed by atoms with Gasteiger partial charge in [-0.3, -0.25) is 9.27 Å². The van der Waals surface area contributed by atoms with E-state index >= 15 is 0 Å². The van der Waals surface area contributed by atoms with Gasteiger partial charge in [0.15, 0.2) is 5.75 Å². The van der Waals surface area contributed by atoms with Crippen LogP contribution in [0.4, 0.5) is 51.2 Å². The highest BCUT2D eigenvalue weighted by molar-refractivity contribution is 7.92. The number of hydrogen-bond acceptors (Lipinski definition) is 13. The van der Waals surface area contributed by atoms with Crippen LogP contribution in [0.1, 0.15) is 16.7 Å². The van der Waals surface area contributed by atoms with Crippen LogP contribution in [0.3, 0.4) is 0 Å². The Morgan fingerprint density at radius 1 is 0.611 bits per heavy atom. The van der Waals surface area contributed by atoms with E-state index in [9.17, 15) is 26.5 Å². The number of sulfonamides is 1. The van der Waals surface area contributed by atoms with Gasteiger partial charge in [0.25, 0.3) is 20.1 Å². The zero-order valence-corrected chi connectivity index (χ0v) is 30.6. The van der Waals surface area contributed by atoms with Gasteiger partial charge in [0.1, 0.15) is 22.0 Å². The van der Waals surface area contributed by atoms with E-state index in [0.29, 0.717) is 28.3 Å². The molecule has 6 aromatic rings. The van der Waals surface area contributed by atoms with E-state index in [1.165, 1.54) is 36.4 Å². The molecule has 17 heteroatoms. The van der Waals surface area contributed by atoms with E-state index in [2.05, 4.69) is 35.4 Å². The molecular weight excluding hydrogens is 731 g/mol. The molecule has 0 fully saturated rings. The zero-order chi connectivity index (χ0) is 38.8. The van der Waals surface area contributed by atoms with Crippen LogP contribution in [-0.4, -0.2) is 26.5 Å². The summed E-state index contributed by atoms with van der Waals surface area (Å²) in [5, 5.41) is 36.3. The van der Waals surface area contributed by atoms with Crippen molar-refractivity contribution in [2.24, 2.45) is 30.7 Å². The molecule has 0 radical (unpaired) electrons. The molecule has 54 heavy (non-hydrogen) atoms. The molecule has 0 saturated heterocycles. The zero-order valence-electron chi connectivity index (χ0n) is 29.0. The highest BCUT2D eigenvalue weighted by Gasteiger charge is 2.25. The lowest BCUT2D eigenvalue weighted by atomic mass is 10.0. The molecule has 0 aliphatic carbocycles. The smallest absolute Gasteiger partial charge is 0.296 e. The Balaban J connectivity index is 1.24. The quantitative estimate of drug-likeness (QED) is 0.0509. The molecule has 0 amide bonds. The fourth-order valence-corrected chi connectivity index (χ4v) is 7.03. The molecule has 7 N–H and O–H groups in total. The highest BCUT2D eigenvalue weighted by atomic mass is 32.2. The molecule has 0 spiro atoms. The number of nitrogen functional groups attached to an aromatic ring is 2. The molecule has 0 aliphatic rings. The number of phenols is 1. The number of nitrogens with one attached hydrogen (secondary N) is 1. The number of nitrogens with two attached hydrogens (primary N) is 2. The third-order valence-electron chi connectivity index (χ3n) is 8.11. The van der Waals surface area contributed by atoms with E-state index in [1.54, 1.807) is 49.4 Å². The summed E-state index contributed by atoms with van der Waals surface area (Å²) in [4.78, 5) is -0.832. The van der Waals surface area contributed by atoms with E-state index < -0.39 is 36.5 Å². The molecule has 0 bridgehead atoms. The van der Waals surface area contributed by atoms with Gasteiger partial charge in [-0.2, -0.15) is 23.8 Å². The number of anilines is 3. The summed E-state index contributed by atoms with van der Waals surface area (Å²) < 4.78 is 63.6. The Kier molecular flexibility index (Phi) is 10.2. The minimum atomic E-state index is -4.92. The number of hydrogen-bond donors (Lipinski definition) is 5. The second-order valence-electron chi connectivity index (χ2n) is 12.2. The standard InChI is InChI=1S/C37H33N9O6S2/c1-21-4-7-25(8-5-21)41-44-35-23(3)19-24-20-32(54(50,51)52)36(37(47)33(24)34(35)39)45-42-27-13-15-29(16-14-27)53(48,49)46-28-11-9-26(10-12-28)40-43-31-17-6-22(2)18-30(31)38/h4-20,46-47H,38-39H2,1-3H3,(H,50,51,52). The Bertz CT molecular complexity index is 2720. The maximum atomic E-state index is 13.1. The third kappa shape index (κ3) is 8.23. The number of aryl methyl sites for hydroxylation is 3. The summed E-state index contributed by atoms with van der Waals surface area (Å²) in [5.74, 6) is -0.677. The van der Waals surface area contributed by atoms with Crippen LogP contribution in [-0.2, 0) is 20.1 Å². The molecule has 0 atom stereocenters. The van der Waals surface area contributed by atoms with E-state index in [4.69, 9.17) is 11.5 Å². The van der Waals surface area contributed by atoms with Crippen LogP contribution < -0.4 is 16.2 Å². The van der Waals surface area contributed by atoms with Gasteiger partial charge in [-0.15, -0.1) is 15.3 Å². The number of phenolic OH excluding ortho intramolecular Hbond substituents is 1. The number of fused-ring (bicyclic) bond motifs is 1. The van der Waals surface area contributed by atoms with Crippen molar-refractivity contribution in [1.29, 1.82) is 0 Å². The fraction of sp³-hybridized carbons (Fsp3) is 0.0811. The number of benzene rings is 6. The van der Waals surface area contributed by atoms with E-state index in [0.717, 1.165) is 17.2 Å². The van der Waals surface area contributed by atoms with Crippen LogP contribution >= 0.6 is 0 Å². The number of nitrogens with zero attached hydrogens (tertiary/aromatic N) is 6. The van der Waals surface area contributed by atoms with Gasteiger partial charge in [-0.1, -0.05) is 23.8 Å². The van der Waals surface area contributed by atoms with Gasteiger partial charge in [0.2, 0.25) is 0 Å². The number of azo groups is 3. The summed E-state index contributed by atoms with van der Waals surface area (Å²) >= 11 is 0. The van der Waals surface area contributed by atoms with Crippen LogP contribution in [0.2, 0.25) is 0 Å². The summed E-state index contributed by atoms with van der Waals surface area (Å²) in [6.45, 7) is 5.53. The minimum Gasteiger partial charge on any atom is -0.505 e. The average molecular weight is 764 g/mol. The minimum absolute atomic E-state index is 0.00905. The monoisotopic (exact) mass is 763 g/mol. The van der Waals surface area contributed by atoms with Crippen molar-refractivity contribution in [3.05, 3.63) is 120 Å². The van der Waals surface area contributed by atoms with Gasteiger partial charge in [-0.05, 0) is 122 Å². The predicted octanol–water partition coefficient (Wildman–Crippen LogP) is 9.93. The Morgan fingerprint density at radius 3 is 1.74 bits per heavy atom. The van der Waals surface area contributed by atoms with Crippen molar-refractivity contribution in [3.63, 3.8) is 0 Å². The molecule has 6 aromatic carbocycles. The third-order valence-corrected chi connectivity index (χ3v) is 10.4. The second kappa shape index (κ2) is 14.8. The summed E-state index contributed by atoms with van der Waals surface area (Å²) in [5.41, 5.74) is 17.0. The van der Waals surface area contributed by atoms with Gasteiger partial charge >= 0.3 is 0 Å². The molecule has 0 heterocycles. The average Bonchev–Trinajstić information content (AvgIpc) is 3.11. The Hall–Kier alpha value is -6.56. The van der Waals surface area contributed by atoms with Crippen molar-refractivity contribution in [1.82, 2.24) is 0 Å². The number of rotatable bonds is 10. The number of aromatic hydroxyl groups is 1. The Morgan fingerprint density at radius 2 is 1.15 bits per heavy atom. The highest BCUT2D eigenvalue weighted by Crippen LogP contribution is 2.47. The molecular formula is C37H33N9O6S2. The molecule has 0 saturated carbocycles. The van der Waals surface area contributed by atoms with Crippen molar-refractivity contribution in [3.8, 4) is 5.75 Å². The largest absolute Gasteiger partial charge is 0.505 e. The predicted molar refractivity (Wildman–Crippen MR) is 208 cm³/mol. The van der Waals surface area contributed by atoms with Crippen molar-refractivity contribution in [2.75, 3.05) is 16.2 Å². The molecule has 15 nitrogen and oxygen atoms in total. The summed E-state index contributed by atoms with van der Waals surface area (Å²) in [6.07, 6.45) is 0. The SMILES string of the molecule is Cc1ccc(N=Nc2c(C)cc3cc(S(=O)(=O)O)c(N=Nc4ccc(S(=O)(=O)Nc5ccc(N=Nc6ccc(C)cc6N)cc5)cc4)c(O)c3c2N)cc1. The van der Waals surface area contributed by atoms with Crippen LogP contribution in [0, 0.1) is 20.8 Å². The van der Waals surface area contributed by atoms with Crippen LogP contribution in [0.5, 0.6) is 5.75 Å². The molecule has 6 rings (SSSR count). The maximum Gasteiger partial charge on any atom is 0.296 e. The van der Waals surface area contributed by atoms with E-state index in [1.807, 2.05) is 32.0 Å².